The van der Waals surface area contributed by atoms with Crippen LogP contribution in [0.5, 0.6) is 17.2 Å². The largest absolute Gasteiger partial charge is 0.502 e. The van der Waals surface area contributed by atoms with Crippen LogP contribution in [0.2, 0.25) is 5.02 Å². The monoisotopic (exact) mass is 473 g/mol. The number of ether oxygens (including phenoxy) is 2. The standard InChI is InChI=1S/C22H20ClN3O5S/c1-30-15-7-12(8-16(31-2)19(15)28)13-9-17(27)24-20-18(13)21(29)26-22(25-20)32-10-11-5-3-4-6-14(11)23/h3-8,13,28H,9-10H2,1-2H3,(H2,24,25,26,27,29). The lowest BCUT2D eigenvalue weighted by atomic mass is 9.86. The van der Waals surface area contributed by atoms with E-state index in [1.807, 2.05) is 18.2 Å². The first kappa shape index (κ1) is 22.0. The minimum Gasteiger partial charge on any atom is -0.502 e. The molecule has 0 spiro atoms. The summed E-state index contributed by atoms with van der Waals surface area (Å²) in [5, 5.41) is 13.9. The number of phenols is 1. The van der Waals surface area contributed by atoms with Crippen LogP contribution in [0.1, 0.15) is 29.0 Å². The van der Waals surface area contributed by atoms with E-state index in [1.54, 1.807) is 18.2 Å². The zero-order valence-electron chi connectivity index (χ0n) is 17.3. The highest BCUT2D eigenvalue weighted by Gasteiger charge is 2.32. The zero-order chi connectivity index (χ0) is 22.8. The Morgan fingerprint density at radius 3 is 2.53 bits per heavy atom. The fourth-order valence-corrected chi connectivity index (χ4v) is 4.73. The lowest BCUT2D eigenvalue weighted by Gasteiger charge is -2.25. The number of aromatic amines is 1. The number of H-pyrrole nitrogens is 1. The van der Waals surface area contributed by atoms with E-state index in [0.717, 1.165) is 5.56 Å². The topological polar surface area (TPSA) is 114 Å². The van der Waals surface area contributed by atoms with Gasteiger partial charge in [0.05, 0.1) is 19.8 Å². The highest BCUT2D eigenvalue weighted by Crippen LogP contribution is 2.43. The molecule has 0 fully saturated rings. The number of fused-ring (bicyclic) bond motifs is 1. The number of nitrogens with one attached hydrogen (secondary N) is 2. The average molecular weight is 474 g/mol. The number of aromatic nitrogens is 2. The predicted molar refractivity (Wildman–Crippen MR) is 122 cm³/mol. The number of benzene rings is 2. The molecule has 2 aromatic carbocycles. The predicted octanol–water partition coefficient (Wildman–Crippen LogP) is 3.91. The highest BCUT2D eigenvalue weighted by molar-refractivity contribution is 7.98. The molecule has 10 heteroatoms. The first-order valence-electron chi connectivity index (χ1n) is 9.66. The minimum absolute atomic E-state index is 0.0426. The molecule has 0 radical (unpaired) electrons. The van der Waals surface area contributed by atoms with E-state index < -0.39 is 5.92 Å². The lowest BCUT2D eigenvalue weighted by molar-refractivity contribution is -0.116. The number of carbonyl (C=O) groups is 1. The number of aromatic hydroxyl groups is 1. The van der Waals surface area contributed by atoms with Crippen LogP contribution in [0.25, 0.3) is 0 Å². The third-order valence-electron chi connectivity index (χ3n) is 5.16. The summed E-state index contributed by atoms with van der Waals surface area (Å²) < 4.78 is 10.4. The maximum absolute atomic E-state index is 13.0. The van der Waals surface area contributed by atoms with Gasteiger partial charge in [-0.3, -0.25) is 9.59 Å². The summed E-state index contributed by atoms with van der Waals surface area (Å²) in [5.41, 5.74) is 1.48. The molecule has 3 aromatic rings. The van der Waals surface area contributed by atoms with Gasteiger partial charge in [0.25, 0.3) is 5.56 Å². The summed E-state index contributed by atoms with van der Waals surface area (Å²) >= 11 is 7.51. The number of thioether (sulfide) groups is 1. The normalized spacial score (nSPS) is 15.1. The van der Waals surface area contributed by atoms with Gasteiger partial charge in [0.2, 0.25) is 11.7 Å². The molecular formula is C22H20ClN3O5S. The van der Waals surface area contributed by atoms with Gasteiger partial charge in [-0.15, -0.1) is 0 Å². The Labute approximate surface area is 192 Å². The Balaban J connectivity index is 1.71. The Hall–Kier alpha value is -3.17. The van der Waals surface area contributed by atoms with E-state index in [1.165, 1.54) is 26.0 Å². The number of anilines is 1. The van der Waals surface area contributed by atoms with Gasteiger partial charge in [-0.05, 0) is 29.3 Å². The molecule has 32 heavy (non-hydrogen) atoms. The number of amides is 1. The fourth-order valence-electron chi connectivity index (χ4n) is 3.58. The fraction of sp³-hybridized carbons (Fsp3) is 0.227. The van der Waals surface area contributed by atoms with Gasteiger partial charge in [-0.25, -0.2) is 4.98 Å². The molecule has 1 unspecified atom stereocenters. The third-order valence-corrected chi connectivity index (χ3v) is 6.45. The first-order chi connectivity index (χ1) is 15.4. The molecule has 3 N–H and O–H groups in total. The molecule has 1 aliphatic heterocycles. The van der Waals surface area contributed by atoms with Crippen LogP contribution >= 0.6 is 23.4 Å². The van der Waals surface area contributed by atoms with Crippen molar-refractivity contribution in [1.82, 2.24) is 9.97 Å². The van der Waals surface area contributed by atoms with E-state index in [4.69, 9.17) is 21.1 Å². The molecule has 0 saturated carbocycles. The molecule has 166 valence electrons. The lowest BCUT2D eigenvalue weighted by Crippen LogP contribution is -2.31. The number of halogens is 1. The van der Waals surface area contributed by atoms with Crippen LogP contribution < -0.4 is 20.3 Å². The van der Waals surface area contributed by atoms with Crippen LogP contribution in [-0.2, 0) is 10.5 Å². The third kappa shape index (κ3) is 4.26. The van der Waals surface area contributed by atoms with Crippen molar-refractivity contribution in [3.63, 3.8) is 0 Å². The van der Waals surface area contributed by atoms with E-state index in [9.17, 15) is 14.7 Å². The van der Waals surface area contributed by atoms with Gasteiger partial charge in [-0.2, -0.15) is 0 Å². The number of hydrogen-bond acceptors (Lipinski definition) is 7. The molecule has 0 bridgehead atoms. The van der Waals surface area contributed by atoms with Crippen molar-refractivity contribution in [3.05, 3.63) is 68.5 Å². The molecule has 1 aromatic heterocycles. The van der Waals surface area contributed by atoms with Crippen LogP contribution in [0, 0.1) is 0 Å². The molecule has 0 aliphatic carbocycles. The van der Waals surface area contributed by atoms with Gasteiger partial charge >= 0.3 is 0 Å². The van der Waals surface area contributed by atoms with Crippen LogP contribution in [0.3, 0.4) is 0 Å². The van der Waals surface area contributed by atoms with Gasteiger partial charge in [0.15, 0.2) is 16.7 Å². The van der Waals surface area contributed by atoms with E-state index in [-0.39, 0.29) is 41.0 Å². The maximum Gasteiger partial charge on any atom is 0.257 e. The van der Waals surface area contributed by atoms with Gasteiger partial charge in [0, 0.05) is 23.1 Å². The van der Waals surface area contributed by atoms with Crippen molar-refractivity contribution in [2.75, 3.05) is 19.5 Å². The molecule has 2 heterocycles. The Morgan fingerprint density at radius 2 is 1.88 bits per heavy atom. The molecule has 1 amide bonds. The smallest absolute Gasteiger partial charge is 0.257 e. The number of nitrogens with zero attached hydrogens (tertiary/aromatic N) is 1. The summed E-state index contributed by atoms with van der Waals surface area (Å²) in [5.74, 6) is 0.0757. The van der Waals surface area contributed by atoms with Crippen molar-refractivity contribution >= 4 is 35.1 Å². The van der Waals surface area contributed by atoms with Crippen molar-refractivity contribution in [2.45, 2.75) is 23.2 Å². The molecule has 1 atom stereocenters. The van der Waals surface area contributed by atoms with Crippen LogP contribution in [0.4, 0.5) is 5.82 Å². The van der Waals surface area contributed by atoms with Crippen molar-refractivity contribution < 1.29 is 19.4 Å². The van der Waals surface area contributed by atoms with E-state index in [0.29, 0.717) is 27.1 Å². The van der Waals surface area contributed by atoms with Gasteiger partial charge in [-0.1, -0.05) is 41.6 Å². The first-order valence-corrected chi connectivity index (χ1v) is 11.0. The van der Waals surface area contributed by atoms with Crippen molar-refractivity contribution in [2.24, 2.45) is 0 Å². The second kappa shape index (κ2) is 9.13. The number of phenolic OH excluding ortho intramolecular Hbond substituents is 1. The summed E-state index contributed by atoms with van der Waals surface area (Å²) in [7, 11) is 2.83. The average Bonchev–Trinajstić information content (AvgIpc) is 2.78. The van der Waals surface area contributed by atoms with Crippen molar-refractivity contribution in [3.8, 4) is 17.2 Å². The number of hydrogen-bond donors (Lipinski definition) is 3. The summed E-state index contributed by atoms with van der Waals surface area (Å²) in [6.07, 6.45) is 0.0426. The summed E-state index contributed by atoms with van der Waals surface area (Å²) in [6.45, 7) is 0. The summed E-state index contributed by atoms with van der Waals surface area (Å²) in [6, 6.07) is 10.6. The SMILES string of the molecule is COc1cc(C2CC(=O)Nc3nc(SCc4ccccc4Cl)[nH]c(=O)c32)cc(OC)c1O. The zero-order valence-corrected chi connectivity index (χ0v) is 18.8. The molecule has 4 rings (SSSR count). The second-order valence-corrected chi connectivity index (χ2v) is 8.46. The minimum atomic E-state index is -0.582. The molecule has 8 nitrogen and oxygen atoms in total. The van der Waals surface area contributed by atoms with E-state index in [2.05, 4.69) is 15.3 Å². The second-order valence-electron chi connectivity index (χ2n) is 7.09. The molecule has 0 saturated heterocycles. The molecular weight excluding hydrogens is 454 g/mol. The van der Waals surface area contributed by atoms with Crippen LogP contribution in [0.15, 0.2) is 46.3 Å². The number of carbonyl (C=O) groups excluding carboxylic acids is 1. The highest BCUT2D eigenvalue weighted by atomic mass is 35.5. The Bertz CT molecular complexity index is 1220. The van der Waals surface area contributed by atoms with Crippen molar-refractivity contribution in [1.29, 1.82) is 0 Å². The summed E-state index contributed by atoms with van der Waals surface area (Å²) in [4.78, 5) is 32.7. The number of rotatable bonds is 6. The Kier molecular flexibility index (Phi) is 6.29. The molecule has 1 aliphatic rings. The van der Waals surface area contributed by atoms with Gasteiger partial charge in [0.1, 0.15) is 5.82 Å². The van der Waals surface area contributed by atoms with Crippen LogP contribution in [-0.4, -0.2) is 35.2 Å². The Morgan fingerprint density at radius 1 is 1.19 bits per heavy atom. The van der Waals surface area contributed by atoms with E-state index >= 15 is 0 Å². The quantitative estimate of drug-likeness (QED) is 0.367. The number of methoxy groups -OCH3 is 2. The van der Waals surface area contributed by atoms with Gasteiger partial charge < -0.3 is 24.9 Å². The maximum atomic E-state index is 13.0.